The van der Waals surface area contributed by atoms with Gasteiger partial charge in [-0.1, -0.05) is 22.4 Å². The number of ether oxygens (including phenoxy) is 1. The Hall–Kier alpha value is -3.65. The van der Waals surface area contributed by atoms with E-state index in [1.54, 1.807) is 0 Å². The number of rotatable bonds is 9. The van der Waals surface area contributed by atoms with Gasteiger partial charge in [-0.3, -0.25) is 9.69 Å². The summed E-state index contributed by atoms with van der Waals surface area (Å²) in [6.45, 7) is 5.66. The van der Waals surface area contributed by atoms with Gasteiger partial charge >= 0.3 is 0 Å². The smallest absolute Gasteiger partial charge is 0.251 e. The number of aryl methyl sites for hydroxylation is 3. The van der Waals surface area contributed by atoms with Crippen molar-refractivity contribution >= 4 is 16.8 Å². The monoisotopic (exact) mass is 487 g/mol. The second kappa shape index (κ2) is 10.5. The van der Waals surface area contributed by atoms with E-state index in [2.05, 4.69) is 31.6 Å². The maximum Gasteiger partial charge on any atom is 0.251 e. The van der Waals surface area contributed by atoms with E-state index in [-0.39, 0.29) is 12.0 Å². The van der Waals surface area contributed by atoms with Crippen molar-refractivity contribution in [2.24, 2.45) is 0 Å². The highest BCUT2D eigenvalue weighted by molar-refractivity contribution is 5.99. The number of fused-ring (bicyclic) bond motifs is 3. The second-order valence-electron chi connectivity index (χ2n) is 9.80. The van der Waals surface area contributed by atoms with Crippen LogP contribution in [0.5, 0.6) is 5.75 Å². The third-order valence-corrected chi connectivity index (χ3v) is 6.76. The maximum atomic E-state index is 12.9. The summed E-state index contributed by atoms with van der Waals surface area (Å²) in [7, 11) is 2.03. The number of hydrogen-bond donors (Lipinski definition) is 2. The van der Waals surface area contributed by atoms with Crippen LogP contribution in [0.25, 0.3) is 10.9 Å². The summed E-state index contributed by atoms with van der Waals surface area (Å²) in [4.78, 5) is 18.5. The first-order valence-corrected chi connectivity index (χ1v) is 12.6. The average Bonchev–Trinajstić information content (AvgIpc) is 3.45. The lowest BCUT2D eigenvalue weighted by Crippen LogP contribution is -2.33. The molecule has 4 aromatic rings. The van der Waals surface area contributed by atoms with Crippen LogP contribution in [0.1, 0.15) is 58.3 Å². The number of aromatic amines is 1. The van der Waals surface area contributed by atoms with Crippen molar-refractivity contribution in [3.8, 4) is 5.75 Å². The molecule has 0 bridgehead atoms. The van der Waals surface area contributed by atoms with E-state index in [9.17, 15) is 4.79 Å². The van der Waals surface area contributed by atoms with Gasteiger partial charge in [-0.2, -0.15) is 0 Å². The highest BCUT2D eigenvalue weighted by Crippen LogP contribution is 2.29. The van der Waals surface area contributed by atoms with E-state index in [1.807, 2.05) is 57.3 Å². The van der Waals surface area contributed by atoms with Crippen molar-refractivity contribution in [3.63, 3.8) is 0 Å². The molecule has 5 rings (SSSR count). The van der Waals surface area contributed by atoms with Gasteiger partial charge in [0.15, 0.2) is 0 Å². The van der Waals surface area contributed by atoms with Gasteiger partial charge in [0.2, 0.25) is 0 Å². The minimum absolute atomic E-state index is 0.0777. The molecule has 1 unspecified atom stereocenters. The van der Waals surface area contributed by atoms with Gasteiger partial charge < -0.3 is 15.0 Å². The molecule has 1 atom stereocenters. The number of carbonyl (C=O) groups is 1. The highest BCUT2D eigenvalue weighted by atomic mass is 16.6. The van der Waals surface area contributed by atoms with Crippen LogP contribution in [-0.4, -0.2) is 45.8 Å². The van der Waals surface area contributed by atoms with Crippen LogP contribution >= 0.6 is 0 Å². The highest BCUT2D eigenvalue weighted by Gasteiger charge is 2.17. The fourth-order valence-electron chi connectivity index (χ4n) is 4.89. The Morgan fingerprint density at radius 1 is 1.17 bits per heavy atom. The van der Waals surface area contributed by atoms with E-state index in [1.165, 1.54) is 29.5 Å². The van der Waals surface area contributed by atoms with Gasteiger partial charge in [-0.15, -0.1) is 0 Å². The van der Waals surface area contributed by atoms with Gasteiger partial charge in [0.1, 0.15) is 23.2 Å². The molecule has 2 heterocycles. The van der Waals surface area contributed by atoms with E-state index in [0.717, 1.165) is 47.6 Å². The molecule has 0 radical (unpaired) electrons. The molecule has 188 valence electrons. The standard InChI is InChI=1S/C28H33N5O3/c1-18(35-22-8-6-7-20(13-22)16-33(3)17-27-19(2)31-36-32-27)15-29-28(34)21-11-12-26-24(14-21)23-9-4-5-10-25(23)30-26/h6-8,11-14,18,30H,4-5,9-10,15-17H2,1-3H3,(H,29,34). The Balaban J connectivity index is 1.15. The van der Waals surface area contributed by atoms with E-state index in [0.29, 0.717) is 18.7 Å². The van der Waals surface area contributed by atoms with Gasteiger partial charge in [0, 0.05) is 35.2 Å². The first kappa shape index (κ1) is 24.1. The number of hydrogen-bond acceptors (Lipinski definition) is 6. The first-order chi connectivity index (χ1) is 17.5. The van der Waals surface area contributed by atoms with E-state index >= 15 is 0 Å². The fraction of sp³-hybridized carbons (Fsp3) is 0.393. The van der Waals surface area contributed by atoms with Crippen LogP contribution in [0.2, 0.25) is 0 Å². The Labute approximate surface area is 211 Å². The van der Waals surface area contributed by atoms with Crippen molar-refractivity contribution < 1.29 is 14.2 Å². The van der Waals surface area contributed by atoms with E-state index in [4.69, 9.17) is 9.37 Å². The van der Waals surface area contributed by atoms with Crippen LogP contribution in [0.15, 0.2) is 47.1 Å². The van der Waals surface area contributed by atoms with Crippen molar-refractivity contribution in [1.29, 1.82) is 0 Å². The zero-order valence-electron chi connectivity index (χ0n) is 21.1. The van der Waals surface area contributed by atoms with Crippen LogP contribution in [0.4, 0.5) is 0 Å². The molecule has 2 aromatic carbocycles. The lowest BCUT2D eigenvalue weighted by Gasteiger charge is -2.18. The quantitative estimate of drug-likeness (QED) is 0.359. The molecular weight excluding hydrogens is 454 g/mol. The predicted molar refractivity (Wildman–Crippen MR) is 138 cm³/mol. The van der Waals surface area contributed by atoms with Gasteiger partial charge in [-0.05, 0) is 88.0 Å². The summed E-state index contributed by atoms with van der Waals surface area (Å²) in [6.07, 6.45) is 4.44. The van der Waals surface area contributed by atoms with Crippen molar-refractivity contribution in [2.75, 3.05) is 13.6 Å². The number of H-pyrrole nitrogens is 1. The molecule has 0 saturated carbocycles. The molecule has 8 nitrogen and oxygen atoms in total. The van der Waals surface area contributed by atoms with Crippen LogP contribution in [0, 0.1) is 6.92 Å². The summed E-state index contributed by atoms with van der Waals surface area (Å²) >= 11 is 0. The van der Waals surface area contributed by atoms with Gasteiger partial charge in [0.05, 0.1) is 6.54 Å². The Morgan fingerprint density at radius 3 is 2.86 bits per heavy atom. The molecule has 0 saturated heterocycles. The lowest BCUT2D eigenvalue weighted by molar-refractivity contribution is 0.0932. The number of amides is 1. The summed E-state index contributed by atoms with van der Waals surface area (Å²) in [5, 5.41) is 12.0. The topological polar surface area (TPSA) is 96.3 Å². The molecule has 2 aromatic heterocycles. The SMILES string of the molecule is Cc1nonc1CN(C)Cc1cccc(OC(C)CNC(=O)c2ccc3[nH]c4c(c3c2)CCCC4)c1. The van der Waals surface area contributed by atoms with Crippen LogP contribution in [-0.2, 0) is 25.9 Å². The van der Waals surface area contributed by atoms with Crippen LogP contribution in [0.3, 0.4) is 0 Å². The van der Waals surface area contributed by atoms with Crippen molar-refractivity contribution in [1.82, 2.24) is 25.5 Å². The molecule has 0 spiro atoms. The normalized spacial score (nSPS) is 14.1. The van der Waals surface area contributed by atoms with E-state index < -0.39 is 0 Å². The summed E-state index contributed by atoms with van der Waals surface area (Å²) in [6, 6.07) is 14.0. The second-order valence-corrected chi connectivity index (χ2v) is 9.80. The zero-order valence-corrected chi connectivity index (χ0v) is 21.1. The molecule has 1 amide bonds. The van der Waals surface area contributed by atoms with Gasteiger partial charge in [-0.25, -0.2) is 4.63 Å². The average molecular weight is 488 g/mol. The third kappa shape index (κ3) is 5.44. The van der Waals surface area contributed by atoms with Crippen molar-refractivity contribution in [3.05, 3.63) is 76.2 Å². The first-order valence-electron chi connectivity index (χ1n) is 12.6. The largest absolute Gasteiger partial charge is 0.489 e. The predicted octanol–water partition coefficient (Wildman–Crippen LogP) is 4.57. The number of aromatic nitrogens is 3. The molecule has 1 aliphatic carbocycles. The molecule has 8 heteroatoms. The minimum Gasteiger partial charge on any atom is -0.489 e. The number of nitrogens with zero attached hydrogens (tertiary/aromatic N) is 3. The van der Waals surface area contributed by atoms with Crippen LogP contribution < -0.4 is 10.1 Å². The van der Waals surface area contributed by atoms with Crippen molar-refractivity contribution in [2.45, 2.75) is 58.7 Å². The maximum absolute atomic E-state index is 12.9. The zero-order chi connectivity index (χ0) is 25.1. The number of benzene rings is 2. The Bertz CT molecular complexity index is 1360. The molecule has 0 fully saturated rings. The molecule has 36 heavy (non-hydrogen) atoms. The van der Waals surface area contributed by atoms with Gasteiger partial charge in [0.25, 0.3) is 5.91 Å². The molecule has 2 N–H and O–H groups in total. The molecule has 0 aliphatic heterocycles. The summed E-state index contributed by atoms with van der Waals surface area (Å²) in [5.74, 6) is 0.702. The fourth-order valence-corrected chi connectivity index (χ4v) is 4.89. The summed E-state index contributed by atoms with van der Waals surface area (Å²) in [5.41, 5.74) is 7.28. The summed E-state index contributed by atoms with van der Waals surface area (Å²) < 4.78 is 10.9. The molecular formula is C28H33N5O3. The Kier molecular flexibility index (Phi) is 7.04. The minimum atomic E-state index is -0.172. The lowest BCUT2D eigenvalue weighted by atomic mass is 9.95. The molecule has 1 aliphatic rings. The third-order valence-electron chi connectivity index (χ3n) is 6.76. The Morgan fingerprint density at radius 2 is 2.03 bits per heavy atom. The number of carbonyl (C=O) groups excluding carboxylic acids is 1. The number of nitrogens with one attached hydrogen (secondary N) is 2.